The number of benzene rings is 1. The molecule has 1 heterocycles. The first-order chi connectivity index (χ1) is 11.2. The normalized spacial score (nSPS) is 10.6. The van der Waals surface area contributed by atoms with Gasteiger partial charge < -0.3 is 20.3 Å². The fraction of sp³-hybridized carbons (Fsp3) is 0.412. The smallest absolute Gasteiger partial charge is 0.135 e. The minimum atomic E-state index is 0.668. The number of nitrogens with zero attached hydrogens (tertiary/aromatic N) is 3. The highest BCUT2D eigenvalue weighted by molar-refractivity contribution is 5.59. The minimum Gasteiger partial charge on any atom is -0.494 e. The van der Waals surface area contributed by atoms with Crippen LogP contribution >= 0.6 is 0 Å². The van der Waals surface area contributed by atoms with E-state index in [9.17, 15) is 0 Å². The molecule has 2 N–H and O–H groups in total. The van der Waals surface area contributed by atoms with Gasteiger partial charge in [0.15, 0.2) is 0 Å². The Morgan fingerprint density at radius 1 is 1.09 bits per heavy atom. The van der Waals surface area contributed by atoms with Crippen molar-refractivity contribution in [2.24, 2.45) is 0 Å². The molecule has 0 saturated heterocycles. The van der Waals surface area contributed by atoms with Crippen LogP contribution in [0.25, 0.3) is 0 Å². The number of nitrogens with one attached hydrogen (secondary N) is 2. The van der Waals surface area contributed by atoms with Gasteiger partial charge in [0.2, 0.25) is 0 Å². The van der Waals surface area contributed by atoms with Crippen LogP contribution in [0.1, 0.15) is 13.3 Å². The topological polar surface area (TPSA) is 62.3 Å². The molecule has 0 bridgehead atoms. The Hall–Kier alpha value is -2.34. The summed E-state index contributed by atoms with van der Waals surface area (Å²) in [7, 11) is 4.15. The second-order valence-corrected chi connectivity index (χ2v) is 5.45. The monoisotopic (exact) mass is 315 g/mol. The molecule has 2 rings (SSSR count). The second-order valence-electron chi connectivity index (χ2n) is 5.45. The molecule has 0 aliphatic carbocycles. The Morgan fingerprint density at radius 3 is 2.52 bits per heavy atom. The standard InChI is InChI=1S/C17H25N5O/c1-4-23-15-8-6-14(7-9-15)21-17-12-16(19-13-20-17)18-10-5-11-22(2)3/h6-9,12-13H,4-5,10-11H2,1-3H3,(H2,18,19,20,21). The van der Waals surface area contributed by atoms with Crippen LogP contribution in [0.3, 0.4) is 0 Å². The largest absolute Gasteiger partial charge is 0.494 e. The highest BCUT2D eigenvalue weighted by atomic mass is 16.5. The Morgan fingerprint density at radius 2 is 1.83 bits per heavy atom. The summed E-state index contributed by atoms with van der Waals surface area (Å²) in [5.74, 6) is 2.45. The van der Waals surface area contributed by atoms with E-state index in [1.165, 1.54) is 0 Å². The zero-order chi connectivity index (χ0) is 16.5. The zero-order valence-electron chi connectivity index (χ0n) is 14.0. The van der Waals surface area contributed by atoms with Crippen molar-refractivity contribution in [1.29, 1.82) is 0 Å². The van der Waals surface area contributed by atoms with E-state index >= 15 is 0 Å². The molecule has 0 aliphatic heterocycles. The summed E-state index contributed by atoms with van der Waals surface area (Å²) >= 11 is 0. The maximum atomic E-state index is 5.44. The van der Waals surface area contributed by atoms with Crippen molar-refractivity contribution < 1.29 is 4.74 Å². The molecule has 2 aromatic rings. The third kappa shape index (κ3) is 6.12. The summed E-state index contributed by atoms with van der Waals surface area (Å²) in [5, 5.41) is 6.58. The number of aromatic nitrogens is 2. The third-order valence-corrected chi connectivity index (χ3v) is 3.19. The maximum absolute atomic E-state index is 5.44. The van der Waals surface area contributed by atoms with Gasteiger partial charge in [0, 0.05) is 18.3 Å². The van der Waals surface area contributed by atoms with E-state index in [1.807, 2.05) is 37.3 Å². The van der Waals surface area contributed by atoms with E-state index in [2.05, 4.69) is 39.6 Å². The van der Waals surface area contributed by atoms with Crippen LogP contribution in [0, 0.1) is 0 Å². The molecule has 124 valence electrons. The van der Waals surface area contributed by atoms with Crippen LogP contribution in [-0.4, -0.2) is 48.7 Å². The maximum Gasteiger partial charge on any atom is 0.135 e. The SMILES string of the molecule is CCOc1ccc(Nc2cc(NCCCN(C)C)ncn2)cc1. The lowest BCUT2D eigenvalue weighted by Crippen LogP contribution is -2.16. The molecule has 1 aromatic carbocycles. The van der Waals surface area contributed by atoms with Crippen LogP contribution in [-0.2, 0) is 0 Å². The van der Waals surface area contributed by atoms with Gasteiger partial charge in [0.05, 0.1) is 6.61 Å². The molecule has 0 spiro atoms. The fourth-order valence-electron chi connectivity index (χ4n) is 2.08. The van der Waals surface area contributed by atoms with Crippen LogP contribution in [0.15, 0.2) is 36.7 Å². The summed E-state index contributed by atoms with van der Waals surface area (Å²) in [6.07, 6.45) is 2.63. The van der Waals surface area contributed by atoms with Crippen molar-refractivity contribution in [3.63, 3.8) is 0 Å². The Kier molecular flexibility index (Phi) is 6.62. The molecule has 0 unspecified atom stereocenters. The predicted octanol–water partition coefficient (Wildman–Crippen LogP) is 2.98. The molecular formula is C17H25N5O. The van der Waals surface area contributed by atoms with Gasteiger partial charge in [-0.05, 0) is 58.3 Å². The molecule has 0 aliphatic rings. The summed E-state index contributed by atoms with van der Waals surface area (Å²) in [6.45, 7) is 4.58. The summed E-state index contributed by atoms with van der Waals surface area (Å²) in [5.41, 5.74) is 0.964. The van der Waals surface area contributed by atoms with Crippen LogP contribution in [0.2, 0.25) is 0 Å². The van der Waals surface area contributed by atoms with E-state index in [4.69, 9.17) is 4.74 Å². The van der Waals surface area contributed by atoms with Gasteiger partial charge in [-0.1, -0.05) is 0 Å². The fourth-order valence-corrected chi connectivity index (χ4v) is 2.08. The van der Waals surface area contributed by atoms with E-state index in [0.29, 0.717) is 6.61 Å². The summed E-state index contributed by atoms with van der Waals surface area (Å²) in [4.78, 5) is 10.7. The molecule has 0 atom stereocenters. The van der Waals surface area contributed by atoms with Gasteiger partial charge >= 0.3 is 0 Å². The number of anilines is 3. The highest BCUT2D eigenvalue weighted by Crippen LogP contribution is 2.19. The van der Waals surface area contributed by atoms with Crippen LogP contribution < -0.4 is 15.4 Å². The Balaban J connectivity index is 1.89. The second kappa shape index (κ2) is 8.95. The summed E-state index contributed by atoms with van der Waals surface area (Å²) in [6, 6.07) is 9.72. The number of rotatable bonds is 9. The quantitative estimate of drug-likeness (QED) is 0.694. The Bertz CT molecular complexity index is 586. The molecule has 6 nitrogen and oxygen atoms in total. The molecule has 23 heavy (non-hydrogen) atoms. The predicted molar refractivity (Wildman–Crippen MR) is 94.6 cm³/mol. The van der Waals surface area contributed by atoms with Crippen molar-refractivity contribution in [2.75, 3.05) is 44.4 Å². The average Bonchev–Trinajstić information content (AvgIpc) is 2.54. The molecule has 0 radical (unpaired) electrons. The van der Waals surface area contributed by atoms with Gasteiger partial charge in [-0.3, -0.25) is 0 Å². The van der Waals surface area contributed by atoms with Gasteiger partial charge in [-0.2, -0.15) is 0 Å². The first-order valence-electron chi connectivity index (χ1n) is 7.88. The number of ether oxygens (including phenoxy) is 1. The zero-order valence-corrected chi connectivity index (χ0v) is 14.0. The van der Waals surface area contributed by atoms with Crippen molar-refractivity contribution in [3.8, 4) is 5.75 Å². The van der Waals surface area contributed by atoms with Crippen LogP contribution in [0.4, 0.5) is 17.3 Å². The first kappa shape index (κ1) is 17.0. The van der Waals surface area contributed by atoms with Gasteiger partial charge in [0.1, 0.15) is 23.7 Å². The van der Waals surface area contributed by atoms with E-state index < -0.39 is 0 Å². The highest BCUT2D eigenvalue weighted by Gasteiger charge is 2.00. The van der Waals surface area contributed by atoms with Gasteiger partial charge in [-0.25, -0.2) is 9.97 Å². The van der Waals surface area contributed by atoms with Gasteiger partial charge in [0.25, 0.3) is 0 Å². The number of hydrogen-bond acceptors (Lipinski definition) is 6. The summed E-state index contributed by atoms with van der Waals surface area (Å²) < 4.78 is 5.44. The first-order valence-corrected chi connectivity index (χ1v) is 7.88. The van der Waals surface area contributed by atoms with Gasteiger partial charge in [-0.15, -0.1) is 0 Å². The van der Waals surface area contributed by atoms with Crippen molar-refractivity contribution in [3.05, 3.63) is 36.7 Å². The van der Waals surface area contributed by atoms with E-state index in [0.717, 1.165) is 42.6 Å². The lowest BCUT2D eigenvalue weighted by molar-refractivity contribution is 0.340. The Labute approximate surface area is 137 Å². The molecule has 0 saturated carbocycles. The van der Waals surface area contributed by atoms with Crippen molar-refractivity contribution >= 4 is 17.3 Å². The van der Waals surface area contributed by atoms with Crippen molar-refractivity contribution in [2.45, 2.75) is 13.3 Å². The van der Waals surface area contributed by atoms with Crippen molar-refractivity contribution in [1.82, 2.24) is 14.9 Å². The average molecular weight is 315 g/mol. The van der Waals surface area contributed by atoms with E-state index in [1.54, 1.807) is 6.33 Å². The third-order valence-electron chi connectivity index (χ3n) is 3.19. The lowest BCUT2D eigenvalue weighted by Gasteiger charge is -2.11. The molecule has 6 heteroatoms. The minimum absolute atomic E-state index is 0.668. The lowest BCUT2D eigenvalue weighted by atomic mass is 10.3. The molecule has 0 fully saturated rings. The van der Waals surface area contributed by atoms with E-state index in [-0.39, 0.29) is 0 Å². The molecular weight excluding hydrogens is 290 g/mol. The molecule has 1 aromatic heterocycles. The number of hydrogen-bond donors (Lipinski definition) is 2. The molecule has 0 amide bonds. The van der Waals surface area contributed by atoms with Crippen LogP contribution in [0.5, 0.6) is 5.75 Å².